The molecule has 1 aromatic carbocycles. The third-order valence-corrected chi connectivity index (χ3v) is 2.29. The Morgan fingerprint density at radius 3 is 2.81 bits per heavy atom. The molecule has 0 atom stereocenters. The lowest BCUT2D eigenvalue weighted by atomic mass is 10.1. The van der Waals surface area contributed by atoms with Crippen molar-refractivity contribution in [1.82, 2.24) is 4.98 Å². The van der Waals surface area contributed by atoms with Gasteiger partial charge in [0.05, 0.1) is 22.9 Å². The zero-order chi connectivity index (χ0) is 11.7. The van der Waals surface area contributed by atoms with E-state index < -0.39 is 5.97 Å². The van der Waals surface area contributed by atoms with Crippen molar-refractivity contribution >= 4 is 23.2 Å². The van der Waals surface area contributed by atoms with E-state index in [1.807, 2.05) is 6.07 Å². The van der Waals surface area contributed by atoms with Gasteiger partial charge in [-0.05, 0) is 18.2 Å². The number of nitrogens with zero attached hydrogens (tertiary/aromatic N) is 1. The van der Waals surface area contributed by atoms with E-state index >= 15 is 0 Å². The van der Waals surface area contributed by atoms with Gasteiger partial charge in [-0.15, -0.1) is 0 Å². The lowest BCUT2D eigenvalue weighted by Crippen LogP contribution is -1.99. The van der Waals surface area contributed by atoms with E-state index in [1.54, 1.807) is 12.1 Å². The Hall–Kier alpha value is -2.61. The molecule has 0 saturated heterocycles. The van der Waals surface area contributed by atoms with E-state index in [2.05, 4.69) is 4.98 Å². The van der Waals surface area contributed by atoms with Crippen molar-refractivity contribution in [1.29, 1.82) is 5.26 Å². The first-order valence-corrected chi connectivity index (χ1v) is 4.41. The smallest absolute Gasteiger partial charge is 0.338 e. The highest BCUT2D eigenvalue weighted by Gasteiger charge is 2.17. The summed E-state index contributed by atoms with van der Waals surface area (Å²) in [5.74, 6) is -1.19. The number of aromatic amines is 1. The van der Waals surface area contributed by atoms with Gasteiger partial charge < -0.3 is 10.1 Å². The van der Waals surface area contributed by atoms with Gasteiger partial charge in [-0.2, -0.15) is 5.26 Å². The second-order valence-electron chi connectivity index (χ2n) is 3.21. The molecule has 5 nitrogen and oxygen atoms in total. The van der Waals surface area contributed by atoms with Crippen molar-refractivity contribution in [2.75, 3.05) is 0 Å². The summed E-state index contributed by atoms with van der Waals surface area (Å²) >= 11 is 0. The molecule has 16 heavy (non-hydrogen) atoms. The fourth-order valence-corrected chi connectivity index (χ4v) is 1.60. The minimum atomic E-state index is -1.19. The molecular formula is C11H6N2O3. The first kappa shape index (κ1) is 9.93. The molecule has 2 rings (SSSR count). The molecule has 0 saturated carbocycles. The van der Waals surface area contributed by atoms with E-state index in [4.69, 9.17) is 10.4 Å². The van der Waals surface area contributed by atoms with Crippen LogP contribution in [0.15, 0.2) is 18.2 Å². The predicted molar refractivity (Wildman–Crippen MR) is 55.4 cm³/mol. The SMILES string of the molecule is N#Cc1ccc2[nH]c(C=O)c(C(=O)O)c2c1. The summed E-state index contributed by atoms with van der Waals surface area (Å²) < 4.78 is 0. The second-order valence-corrected chi connectivity index (χ2v) is 3.21. The number of hydrogen-bond donors (Lipinski definition) is 2. The number of nitriles is 1. The molecule has 2 N–H and O–H groups in total. The van der Waals surface area contributed by atoms with Crippen molar-refractivity contribution in [2.45, 2.75) is 0 Å². The maximum absolute atomic E-state index is 11.0. The van der Waals surface area contributed by atoms with E-state index in [9.17, 15) is 9.59 Å². The number of benzene rings is 1. The first-order valence-electron chi connectivity index (χ1n) is 4.41. The lowest BCUT2D eigenvalue weighted by Gasteiger charge is -1.93. The van der Waals surface area contributed by atoms with Crippen LogP contribution in [0.5, 0.6) is 0 Å². The summed E-state index contributed by atoms with van der Waals surface area (Å²) in [7, 11) is 0. The summed E-state index contributed by atoms with van der Waals surface area (Å²) in [5, 5.41) is 18.1. The van der Waals surface area contributed by atoms with Crippen molar-refractivity contribution in [3.05, 3.63) is 35.0 Å². The Kier molecular flexibility index (Phi) is 2.18. The van der Waals surface area contributed by atoms with E-state index in [-0.39, 0.29) is 11.3 Å². The van der Waals surface area contributed by atoms with Gasteiger partial charge in [-0.3, -0.25) is 4.79 Å². The van der Waals surface area contributed by atoms with Crippen LogP contribution >= 0.6 is 0 Å². The molecule has 0 spiro atoms. The number of carboxylic acid groups (broad SMARTS) is 1. The number of rotatable bonds is 2. The standard InChI is InChI=1S/C11H6N2O3/c12-4-6-1-2-8-7(3-6)10(11(15)16)9(5-14)13-8/h1-3,5,13H,(H,15,16). The molecule has 5 heteroatoms. The number of carbonyl (C=O) groups excluding carboxylic acids is 1. The van der Waals surface area contributed by atoms with Crippen LogP contribution < -0.4 is 0 Å². The Morgan fingerprint density at radius 2 is 2.25 bits per heavy atom. The summed E-state index contributed by atoms with van der Waals surface area (Å²) in [6.07, 6.45) is 0.454. The van der Waals surface area contributed by atoms with Crippen LogP contribution in [0.3, 0.4) is 0 Å². The van der Waals surface area contributed by atoms with E-state index in [0.29, 0.717) is 22.8 Å². The molecule has 0 fully saturated rings. The number of carbonyl (C=O) groups is 2. The maximum atomic E-state index is 11.0. The molecule has 78 valence electrons. The number of aromatic nitrogens is 1. The molecule has 0 aliphatic carbocycles. The zero-order valence-corrected chi connectivity index (χ0v) is 8.02. The molecule has 0 aliphatic heterocycles. The molecule has 2 aromatic rings. The average Bonchev–Trinajstić information content (AvgIpc) is 2.65. The minimum absolute atomic E-state index is 0.0117. The highest BCUT2D eigenvalue weighted by molar-refractivity contribution is 6.09. The molecule has 0 unspecified atom stereocenters. The van der Waals surface area contributed by atoms with Gasteiger partial charge in [0.25, 0.3) is 0 Å². The third-order valence-electron chi connectivity index (χ3n) is 2.29. The van der Waals surface area contributed by atoms with Gasteiger partial charge in [0.2, 0.25) is 0 Å². The molecule has 0 amide bonds. The van der Waals surface area contributed by atoms with Gasteiger partial charge in [0.15, 0.2) is 6.29 Å². The Balaban J connectivity index is 2.87. The highest BCUT2D eigenvalue weighted by atomic mass is 16.4. The average molecular weight is 214 g/mol. The van der Waals surface area contributed by atoms with Crippen LogP contribution in [-0.4, -0.2) is 22.3 Å². The quantitative estimate of drug-likeness (QED) is 0.741. The van der Waals surface area contributed by atoms with Gasteiger partial charge in [0, 0.05) is 10.9 Å². The third kappa shape index (κ3) is 1.33. The predicted octanol–water partition coefficient (Wildman–Crippen LogP) is 1.55. The zero-order valence-electron chi connectivity index (χ0n) is 8.02. The van der Waals surface area contributed by atoms with Crippen LogP contribution in [0.25, 0.3) is 10.9 Å². The molecule has 0 radical (unpaired) electrons. The topological polar surface area (TPSA) is 94.0 Å². The lowest BCUT2D eigenvalue weighted by molar-refractivity contribution is 0.0696. The normalized spacial score (nSPS) is 9.94. The monoisotopic (exact) mass is 214 g/mol. The van der Waals surface area contributed by atoms with Gasteiger partial charge in [0.1, 0.15) is 0 Å². The summed E-state index contributed by atoms with van der Waals surface area (Å²) in [4.78, 5) is 24.4. The molecule has 1 aromatic heterocycles. The number of fused-ring (bicyclic) bond motifs is 1. The van der Waals surface area contributed by atoms with E-state index in [0.717, 1.165) is 0 Å². The van der Waals surface area contributed by atoms with Crippen molar-refractivity contribution < 1.29 is 14.7 Å². The fraction of sp³-hybridized carbons (Fsp3) is 0. The van der Waals surface area contributed by atoms with Crippen LogP contribution in [0.1, 0.15) is 26.4 Å². The number of H-pyrrole nitrogens is 1. The first-order chi connectivity index (χ1) is 7.67. The number of aromatic carboxylic acids is 1. The van der Waals surface area contributed by atoms with E-state index in [1.165, 1.54) is 6.07 Å². The van der Waals surface area contributed by atoms with Crippen molar-refractivity contribution in [3.8, 4) is 6.07 Å². The number of nitrogens with one attached hydrogen (secondary N) is 1. The number of carboxylic acids is 1. The molecular weight excluding hydrogens is 208 g/mol. The summed E-state index contributed by atoms with van der Waals surface area (Å²) in [6.45, 7) is 0. The summed E-state index contributed by atoms with van der Waals surface area (Å²) in [5.41, 5.74) is 0.796. The van der Waals surface area contributed by atoms with Gasteiger partial charge in [-0.25, -0.2) is 4.79 Å². The van der Waals surface area contributed by atoms with Crippen LogP contribution in [0.2, 0.25) is 0 Å². The number of aldehydes is 1. The fourth-order valence-electron chi connectivity index (χ4n) is 1.60. The van der Waals surface area contributed by atoms with Gasteiger partial charge in [-0.1, -0.05) is 0 Å². The second kappa shape index (κ2) is 3.51. The van der Waals surface area contributed by atoms with Crippen LogP contribution in [0, 0.1) is 11.3 Å². The minimum Gasteiger partial charge on any atom is -0.478 e. The van der Waals surface area contributed by atoms with Crippen molar-refractivity contribution in [3.63, 3.8) is 0 Å². The Labute approximate surface area is 89.9 Å². The summed E-state index contributed by atoms with van der Waals surface area (Å²) in [6, 6.07) is 6.50. The molecule has 0 aliphatic rings. The molecule has 0 bridgehead atoms. The Bertz CT molecular complexity index is 634. The maximum Gasteiger partial charge on any atom is 0.338 e. The van der Waals surface area contributed by atoms with Crippen LogP contribution in [-0.2, 0) is 0 Å². The largest absolute Gasteiger partial charge is 0.478 e. The van der Waals surface area contributed by atoms with Crippen molar-refractivity contribution in [2.24, 2.45) is 0 Å². The van der Waals surface area contributed by atoms with Gasteiger partial charge >= 0.3 is 5.97 Å². The Morgan fingerprint density at radius 1 is 1.50 bits per heavy atom. The number of hydrogen-bond acceptors (Lipinski definition) is 3. The highest BCUT2D eigenvalue weighted by Crippen LogP contribution is 2.22. The molecule has 1 heterocycles. The van der Waals surface area contributed by atoms with Crippen LogP contribution in [0.4, 0.5) is 0 Å².